The Morgan fingerprint density at radius 2 is 2.04 bits per heavy atom. The number of hydrogen-bond acceptors (Lipinski definition) is 6. The van der Waals surface area contributed by atoms with Crippen molar-refractivity contribution in [3.8, 4) is 11.5 Å². The molecule has 1 aromatic carbocycles. The average molecular weight is 376 g/mol. The summed E-state index contributed by atoms with van der Waals surface area (Å²) in [5, 5.41) is 0. The molecule has 2 amide bonds. The van der Waals surface area contributed by atoms with Crippen LogP contribution < -0.4 is 15.2 Å². The van der Waals surface area contributed by atoms with Crippen LogP contribution in [0.15, 0.2) is 24.3 Å². The molecular formula is C19H24N2O6. The molecule has 8 heteroatoms. The fourth-order valence-corrected chi connectivity index (χ4v) is 2.84. The second-order valence-corrected chi connectivity index (χ2v) is 6.13. The predicted octanol–water partition coefficient (Wildman–Crippen LogP) is 0.984. The zero-order valence-electron chi connectivity index (χ0n) is 15.5. The summed E-state index contributed by atoms with van der Waals surface area (Å²) in [4.78, 5) is 36.8. The Kier molecular flexibility index (Phi) is 7.22. The average Bonchev–Trinajstić information content (AvgIpc) is 2.70. The second kappa shape index (κ2) is 9.61. The summed E-state index contributed by atoms with van der Waals surface area (Å²) in [5.41, 5.74) is 5.94. The number of methoxy groups -OCH3 is 2. The van der Waals surface area contributed by atoms with Crippen LogP contribution in [0.25, 0.3) is 6.08 Å². The summed E-state index contributed by atoms with van der Waals surface area (Å²) in [7, 11) is 3.06. The van der Waals surface area contributed by atoms with Gasteiger partial charge >= 0.3 is 5.97 Å². The SMILES string of the molecule is COc1ccc(OC)c(/C=C/C(=O)OCC(=O)N2CCC[C@@H](C(N)=O)C2)c1. The maximum absolute atomic E-state index is 12.2. The summed E-state index contributed by atoms with van der Waals surface area (Å²) >= 11 is 0. The normalized spacial score (nSPS) is 16.8. The van der Waals surface area contributed by atoms with E-state index in [1.54, 1.807) is 25.3 Å². The number of ether oxygens (including phenoxy) is 3. The van der Waals surface area contributed by atoms with E-state index in [0.717, 1.165) is 0 Å². The fourth-order valence-electron chi connectivity index (χ4n) is 2.84. The molecule has 0 radical (unpaired) electrons. The molecule has 2 rings (SSSR count). The lowest BCUT2D eigenvalue weighted by atomic mass is 9.97. The van der Waals surface area contributed by atoms with Crippen molar-refractivity contribution in [2.24, 2.45) is 11.7 Å². The van der Waals surface area contributed by atoms with E-state index in [4.69, 9.17) is 19.9 Å². The molecule has 146 valence electrons. The van der Waals surface area contributed by atoms with Gasteiger partial charge in [0.25, 0.3) is 5.91 Å². The molecule has 1 aliphatic heterocycles. The number of rotatable bonds is 7. The molecule has 0 aliphatic carbocycles. The first-order chi connectivity index (χ1) is 12.9. The Bertz CT molecular complexity index is 731. The lowest BCUT2D eigenvalue weighted by Gasteiger charge is -2.30. The van der Waals surface area contributed by atoms with Crippen LogP contribution in [-0.4, -0.2) is 56.6 Å². The molecule has 1 atom stereocenters. The molecular weight excluding hydrogens is 352 g/mol. The Balaban J connectivity index is 1.89. The first-order valence-corrected chi connectivity index (χ1v) is 8.58. The van der Waals surface area contributed by atoms with E-state index in [0.29, 0.717) is 36.4 Å². The maximum Gasteiger partial charge on any atom is 0.331 e. The molecule has 8 nitrogen and oxygen atoms in total. The first kappa shape index (κ1) is 20.3. The van der Waals surface area contributed by atoms with Crippen molar-refractivity contribution in [1.82, 2.24) is 4.90 Å². The molecule has 1 aliphatic rings. The zero-order valence-corrected chi connectivity index (χ0v) is 15.5. The van der Waals surface area contributed by atoms with Crippen LogP contribution >= 0.6 is 0 Å². The zero-order chi connectivity index (χ0) is 19.8. The van der Waals surface area contributed by atoms with E-state index in [9.17, 15) is 14.4 Å². The number of amides is 2. The smallest absolute Gasteiger partial charge is 0.331 e. The monoisotopic (exact) mass is 376 g/mol. The Hall–Kier alpha value is -3.03. The molecule has 0 aromatic heterocycles. The van der Waals surface area contributed by atoms with Crippen molar-refractivity contribution in [3.05, 3.63) is 29.8 Å². The van der Waals surface area contributed by atoms with Gasteiger partial charge in [-0.2, -0.15) is 0 Å². The highest BCUT2D eigenvalue weighted by molar-refractivity contribution is 5.90. The van der Waals surface area contributed by atoms with Crippen molar-refractivity contribution in [3.63, 3.8) is 0 Å². The molecule has 1 heterocycles. The maximum atomic E-state index is 12.2. The van der Waals surface area contributed by atoms with E-state index in [2.05, 4.69) is 0 Å². The first-order valence-electron chi connectivity index (χ1n) is 8.58. The highest BCUT2D eigenvalue weighted by atomic mass is 16.5. The Morgan fingerprint density at radius 3 is 2.70 bits per heavy atom. The summed E-state index contributed by atoms with van der Waals surface area (Å²) < 4.78 is 15.4. The number of esters is 1. The van der Waals surface area contributed by atoms with Gasteiger partial charge in [0.2, 0.25) is 5.91 Å². The molecule has 0 saturated carbocycles. The van der Waals surface area contributed by atoms with Gasteiger partial charge in [-0.15, -0.1) is 0 Å². The highest BCUT2D eigenvalue weighted by Gasteiger charge is 2.27. The highest BCUT2D eigenvalue weighted by Crippen LogP contribution is 2.25. The number of nitrogens with two attached hydrogens (primary N) is 1. The quantitative estimate of drug-likeness (QED) is 0.561. The molecule has 1 fully saturated rings. The molecule has 2 N–H and O–H groups in total. The van der Waals surface area contributed by atoms with Gasteiger partial charge in [0.15, 0.2) is 6.61 Å². The van der Waals surface area contributed by atoms with Crippen LogP contribution in [0.3, 0.4) is 0 Å². The van der Waals surface area contributed by atoms with Gasteiger partial charge in [0.1, 0.15) is 11.5 Å². The molecule has 0 unspecified atom stereocenters. The van der Waals surface area contributed by atoms with E-state index in [1.807, 2.05) is 0 Å². The molecule has 1 saturated heterocycles. The van der Waals surface area contributed by atoms with Crippen LogP contribution in [0, 0.1) is 5.92 Å². The van der Waals surface area contributed by atoms with Crippen LogP contribution in [0.1, 0.15) is 18.4 Å². The molecule has 1 aromatic rings. The lowest BCUT2D eigenvalue weighted by Crippen LogP contribution is -2.45. The number of benzene rings is 1. The molecule has 27 heavy (non-hydrogen) atoms. The molecule has 0 spiro atoms. The van der Waals surface area contributed by atoms with E-state index in [-0.39, 0.29) is 25.0 Å². The van der Waals surface area contributed by atoms with Crippen molar-refractivity contribution >= 4 is 23.9 Å². The minimum absolute atomic E-state index is 0.266. The summed E-state index contributed by atoms with van der Waals surface area (Å²) in [6.45, 7) is 0.406. The number of piperidine rings is 1. The number of nitrogens with zero attached hydrogens (tertiary/aromatic N) is 1. The third-order valence-electron chi connectivity index (χ3n) is 4.35. The predicted molar refractivity (Wildman–Crippen MR) is 98.0 cm³/mol. The number of carbonyl (C=O) groups is 3. The van der Waals surface area contributed by atoms with Gasteiger partial charge in [-0.25, -0.2) is 4.79 Å². The topological polar surface area (TPSA) is 108 Å². The lowest BCUT2D eigenvalue weighted by molar-refractivity contribution is -0.149. The van der Waals surface area contributed by atoms with Crippen molar-refractivity contribution in [1.29, 1.82) is 0 Å². The largest absolute Gasteiger partial charge is 0.497 e. The minimum atomic E-state index is -0.656. The number of likely N-dealkylation sites (tertiary alicyclic amines) is 1. The third kappa shape index (κ3) is 5.73. The van der Waals surface area contributed by atoms with Crippen LogP contribution in [0.4, 0.5) is 0 Å². The Morgan fingerprint density at radius 1 is 1.26 bits per heavy atom. The van der Waals surface area contributed by atoms with Gasteiger partial charge in [0.05, 0.1) is 20.1 Å². The Labute approximate surface area is 157 Å². The van der Waals surface area contributed by atoms with Gasteiger partial charge < -0.3 is 24.8 Å². The van der Waals surface area contributed by atoms with Gasteiger partial charge in [-0.05, 0) is 37.1 Å². The van der Waals surface area contributed by atoms with Crippen molar-refractivity contribution in [2.75, 3.05) is 33.9 Å². The number of hydrogen-bond donors (Lipinski definition) is 1. The van der Waals surface area contributed by atoms with Gasteiger partial charge in [-0.1, -0.05) is 0 Å². The fraction of sp³-hybridized carbons (Fsp3) is 0.421. The van der Waals surface area contributed by atoms with Crippen LogP contribution in [0.2, 0.25) is 0 Å². The van der Waals surface area contributed by atoms with E-state index in [1.165, 1.54) is 24.2 Å². The standard InChI is InChI=1S/C19H24N2O6/c1-25-15-6-7-16(26-2)13(10-15)5-8-18(23)27-12-17(22)21-9-3-4-14(11-21)19(20)24/h5-8,10,14H,3-4,9,11-12H2,1-2H3,(H2,20,24)/b8-5+/t14-/m1/s1. The summed E-state index contributed by atoms with van der Waals surface area (Å²) in [6, 6.07) is 5.18. The van der Waals surface area contributed by atoms with E-state index >= 15 is 0 Å². The van der Waals surface area contributed by atoms with E-state index < -0.39 is 11.9 Å². The number of primary amides is 1. The molecule has 0 bridgehead atoms. The minimum Gasteiger partial charge on any atom is -0.497 e. The van der Waals surface area contributed by atoms with Gasteiger partial charge in [0, 0.05) is 24.7 Å². The third-order valence-corrected chi connectivity index (χ3v) is 4.35. The summed E-state index contributed by atoms with van der Waals surface area (Å²) in [5.74, 6) is -0.577. The van der Waals surface area contributed by atoms with Crippen molar-refractivity contribution < 1.29 is 28.6 Å². The van der Waals surface area contributed by atoms with Crippen molar-refractivity contribution in [2.45, 2.75) is 12.8 Å². The second-order valence-electron chi connectivity index (χ2n) is 6.13. The van der Waals surface area contributed by atoms with Crippen LogP contribution in [0.5, 0.6) is 11.5 Å². The van der Waals surface area contributed by atoms with Gasteiger partial charge in [-0.3, -0.25) is 9.59 Å². The van der Waals surface area contributed by atoms with Crippen LogP contribution in [-0.2, 0) is 19.1 Å². The summed E-state index contributed by atoms with van der Waals surface area (Å²) in [6.07, 6.45) is 4.11. The number of carbonyl (C=O) groups excluding carboxylic acids is 3.